The highest BCUT2D eigenvalue weighted by atomic mass is 16.5. The molecule has 0 aliphatic rings. The van der Waals surface area contributed by atoms with Crippen LogP contribution in [0.25, 0.3) is 0 Å². The Kier molecular flexibility index (Phi) is 3.09. The van der Waals surface area contributed by atoms with Gasteiger partial charge in [0.1, 0.15) is 6.67 Å². The quantitative estimate of drug-likeness (QED) is 0.771. The minimum atomic E-state index is -1.09. The van der Waals surface area contributed by atoms with Crippen LogP contribution < -0.4 is 0 Å². The Morgan fingerprint density at radius 1 is 1.44 bits per heavy atom. The van der Waals surface area contributed by atoms with Gasteiger partial charge in [-0.3, -0.25) is 9.36 Å². The van der Waals surface area contributed by atoms with Crippen LogP contribution in [0.15, 0.2) is 24.7 Å². The summed E-state index contributed by atoms with van der Waals surface area (Å²) in [5, 5.41) is 16.5. The molecule has 18 heavy (non-hydrogen) atoms. The highest BCUT2D eigenvalue weighted by molar-refractivity contribution is 5.88. The molecule has 8 nitrogen and oxygen atoms in total. The molecule has 8 heteroatoms. The number of rotatable bonds is 4. The van der Waals surface area contributed by atoms with Crippen LogP contribution in [0.2, 0.25) is 0 Å². The van der Waals surface area contributed by atoms with Crippen molar-refractivity contribution in [2.24, 2.45) is 0 Å². The van der Waals surface area contributed by atoms with Crippen molar-refractivity contribution in [1.29, 1.82) is 0 Å². The minimum Gasteiger partial charge on any atom is -0.476 e. The number of aromatic carboxylic acids is 1. The van der Waals surface area contributed by atoms with E-state index in [0.717, 1.165) is 0 Å². The molecule has 0 saturated heterocycles. The molecule has 2 aromatic rings. The maximum Gasteiger partial charge on any atom is 0.356 e. The summed E-state index contributed by atoms with van der Waals surface area (Å²) in [6.07, 6.45) is 4.38. The molecular weight excluding hydrogens is 240 g/mol. The van der Waals surface area contributed by atoms with Crippen LogP contribution in [0.3, 0.4) is 0 Å². The van der Waals surface area contributed by atoms with Crippen molar-refractivity contribution in [2.45, 2.75) is 6.67 Å². The van der Waals surface area contributed by atoms with Gasteiger partial charge in [-0.05, 0) is 6.07 Å². The largest absolute Gasteiger partial charge is 0.476 e. The number of hydrogen-bond acceptors (Lipinski definition) is 5. The fourth-order valence-electron chi connectivity index (χ4n) is 1.37. The van der Waals surface area contributed by atoms with Crippen LogP contribution >= 0.6 is 0 Å². The van der Waals surface area contributed by atoms with Gasteiger partial charge in [0, 0.05) is 12.4 Å². The molecule has 2 heterocycles. The predicted octanol–water partition coefficient (Wildman–Crippen LogP) is 0.0702. The number of carbonyl (C=O) groups is 2. The third kappa shape index (κ3) is 2.37. The number of carboxylic acid groups (broad SMARTS) is 1. The second-order valence-electron chi connectivity index (χ2n) is 3.45. The zero-order chi connectivity index (χ0) is 13.1. The lowest BCUT2D eigenvalue weighted by atomic mass is 10.4. The summed E-state index contributed by atoms with van der Waals surface area (Å²) in [5.74, 6) is -1.57. The fraction of sp³-hybridized carbons (Fsp3) is 0.200. The third-order valence-electron chi connectivity index (χ3n) is 2.20. The van der Waals surface area contributed by atoms with Gasteiger partial charge in [-0.1, -0.05) is 0 Å². The van der Waals surface area contributed by atoms with Crippen LogP contribution in [0.5, 0.6) is 0 Å². The van der Waals surface area contributed by atoms with E-state index in [1.165, 1.54) is 41.1 Å². The first kappa shape index (κ1) is 11.8. The van der Waals surface area contributed by atoms with E-state index in [4.69, 9.17) is 5.11 Å². The van der Waals surface area contributed by atoms with Crippen molar-refractivity contribution in [3.8, 4) is 0 Å². The molecule has 0 atom stereocenters. The number of carboxylic acids is 1. The van der Waals surface area contributed by atoms with Crippen LogP contribution in [-0.2, 0) is 11.4 Å². The van der Waals surface area contributed by atoms with Gasteiger partial charge >= 0.3 is 11.9 Å². The normalized spacial score (nSPS) is 10.3. The van der Waals surface area contributed by atoms with Crippen LogP contribution in [0.1, 0.15) is 20.8 Å². The Labute approximate surface area is 101 Å². The Bertz CT molecular complexity index is 586. The average Bonchev–Trinajstić information content (AvgIpc) is 2.98. The van der Waals surface area contributed by atoms with Crippen molar-refractivity contribution < 1.29 is 19.4 Å². The van der Waals surface area contributed by atoms with Gasteiger partial charge in [0.15, 0.2) is 5.69 Å². The number of hydrogen-bond donors (Lipinski definition) is 1. The molecule has 1 N–H and O–H groups in total. The Hall–Kier alpha value is -2.64. The summed E-state index contributed by atoms with van der Waals surface area (Å²) in [4.78, 5) is 21.8. The molecule has 2 aromatic heterocycles. The molecule has 0 aliphatic carbocycles. The van der Waals surface area contributed by atoms with E-state index in [1.54, 1.807) is 0 Å². The second-order valence-corrected chi connectivity index (χ2v) is 3.45. The molecule has 0 radical (unpaired) electrons. The average molecular weight is 250 g/mol. The van der Waals surface area contributed by atoms with Crippen molar-refractivity contribution >= 4 is 11.9 Å². The third-order valence-corrected chi connectivity index (χ3v) is 2.20. The van der Waals surface area contributed by atoms with Crippen molar-refractivity contribution in [3.05, 3.63) is 35.9 Å². The first-order valence-corrected chi connectivity index (χ1v) is 4.97. The Morgan fingerprint density at radius 3 is 2.83 bits per heavy atom. The Balaban J connectivity index is 2.11. The van der Waals surface area contributed by atoms with Crippen molar-refractivity contribution in [2.75, 3.05) is 7.11 Å². The molecule has 94 valence electrons. The lowest BCUT2D eigenvalue weighted by Gasteiger charge is -2.00. The molecule has 0 amide bonds. The monoisotopic (exact) mass is 250 g/mol. The first-order valence-electron chi connectivity index (χ1n) is 4.97. The molecule has 0 spiro atoms. The molecule has 2 rings (SSSR count). The van der Waals surface area contributed by atoms with Gasteiger partial charge in [-0.15, -0.1) is 0 Å². The van der Waals surface area contributed by atoms with Gasteiger partial charge in [-0.2, -0.15) is 10.2 Å². The molecule has 0 fully saturated rings. The summed E-state index contributed by atoms with van der Waals surface area (Å²) < 4.78 is 7.39. The van der Waals surface area contributed by atoms with E-state index in [2.05, 4.69) is 14.9 Å². The standard InChI is InChI=1S/C10H10N4O4/c1-18-10(17)7-4-11-14(5-7)6-13-3-2-8(12-13)9(15)16/h2-5H,6H2,1H3,(H,15,16). The number of carbonyl (C=O) groups excluding carboxylic acids is 1. The van der Waals surface area contributed by atoms with E-state index in [-0.39, 0.29) is 12.4 Å². The highest BCUT2D eigenvalue weighted by Gasteiger charge is 2.10. The topological polar surface area (TPSA) is 99.2 Å². The van der Waals surface area contributed by atoms with Gasteiger partial charge in [-0.25, -0.2) is 9.59 Å². The predicted molar refractivity (Wildman–Crippen MR) is 58.2 cm³/mol. The molecule has 0 bridgehead atoms. The number of esters is 1. The molecule has 0 saturated carbocycles. The van der Waals surface area contributed by atoms with E-state index in [9.17, 15) is 9.59 Å². The summed E-state index contributed by atoms with van der Waals surface area (Å²) in [7, 11) is 1.28. The maximum absolute atomic E-state index is 11.2. The van der Waals surface area contributed by atoms with Gasteiger partial charge in [0.2, 0.25) is 0 Å². The van der Waals surface area contributed by atoms with Gasteiger partial charge < -0.3 is 9.84 Å². The van der Waals surface area contributed by atoms with E-state index >= 15 is 0 Å². The second kappa shape index (κ2) is 4.70. The van der Waals surface area contributed by atoms with Crippen LogP contribution in [-0.4, -0.2) is 43.7 Å². The summed E-state index contributed by atoms with van der Waals surface area (Å²) in [5.41, 5.74) is 0.276. The lowest BCUT2D eigenvalue weighted by Crippen LogP contribution is -2.10. The van der Waals surface area contributed by atoms with Crippen LogP contribution in [0, 0.1) is 0 Å². The maximum atomic E-state index is 11.2. The zero-order valence-electron chi connectivity index (χ0n) is 9.48. The number of ether oxygens (including phenoxy) is 1. The zero-order valence-corrected chi connectivity index (χ0v) is 9.48. The number of aromatic nitrogens is 4. The highest BCUT2D eigenvalue weighted by Crippen LogP contribution is 2.01. The van der Waals surface area contributed by atoms with Crippen molar-refractivity contribution in [1.82, 2.24) is 19.6 Å². The summed E-state index contributed by atoms with van der Waals surface area (Å²) in [6, 6.07) is 1.38. The van der Waals surface area contributed by atoms with Gasteiger partial charge in [0.25, 0.3) is 0 Å². The molecular formula is C10H10N4O4. The summed E-state index contributed by atoms with van der Waals surface area (Å²) >= 11 is 0. The smallest absolute Gasteiger partial charge is 0.356 e. The molecule has 0 aromatic carbocycles. The minimum absolute atomic E-state index is 0.0460. The van der Waals surface area contributed by atoms with Gasteiger partial charge in [0.05, 0.1) is 18.9 Å². The molecule has 0 aliphatic heterocycles. The Morgan fingerprint density at radius 2 is 2.22 bits per heavy atom. The number of nitrogens with zero attached hydrogens (tertiary/aromatic N) is 4. The van der Waals surface area contributed by atoms with Crippen molar-refractivity contribution in [3.63, 3.8) is 0 Å². The van der Waals surface area contributed by atoms with E-state index in [1.807, 2.05) is 0 Å². The fourth-order valence-corrected chi connectivity index (χ4v) is 1.37. The molecule has 0 unspecified atom stereocenters. The van der Waals surface area contributed by atoms with E-state index in [0.29, 0.717) is 5.56 Å². The lowest BCUT2D eigenvalue weighted by molar-refractivity contribution is 0.0599. The van der Waals surface area contributed by atoms with Crippen LogP contribution in [0.4, 0.5) is 0 Å². The number of methoxy groups -OCH3 is 1. The summed E-state index contributed by atoms with van der Waals surface area (Å²) in [6.45, 7) is 0.213. The SMILES string of the molecule is COC(=O)c1cnn(Cn2ccc(C(=O)O)n2)c1. The first-order chi connectivity index (χ1) is 8.60. The van der Waals surface area contributed by atoms with E-state index < -0.39 is 11.9 Å².